The molecule has 0 unspecified atom stereocenters. The molecule has 24 heavy (non-hydrogen) atoms. The molecule has 0 amide bonds. The molecule has 1 aliphatic rings. The summed E-state index contributed by atoms with van der Waals surface area (Å²) in [5, 5.41) is 12.2. The maximum atomic E-state index is 13.0. The lowest BCUT2D eigenvalue weighted by atomic mass is 10.00. The fourth-order valence-corrected chi connectivity index (χ4v) is 3.70. The zero-order valence-corrected chi connectivity index (χ0v) is 14.6. The van der Waals surface area contributed by atoms with E-state index in [0.29, 0.717) is 23.0 Å². The van der Waals surface area contributed by atoms with E-state index in [-0.39, 0.29) is 0 Å². The zero-order valence-electron chi connectivity index (χ0n) is 12.3. The summed E-state index contributed by atoms with van der Waals surface area (Å²) in [5.41, 5.74) is 2.50. The second-order valence-electron chi connectivity index (χ2n) is 5.48. The number of aromatic nitrogens is 4. The number of benzene rings is 1. The molecule has 0 saturated carbocycles. The summed E-state index contributed by atoms with van der Waals surface area (Å²) < 4.78 is 28.1. The van der Waals surface area contributed by atoms with E-state index in [0.717, 1.165) is 27.5 Å². The van der Waals surface area contributed by atoms with Gasteiger partial charge in [0.25, 0.3) is 6.43 Å². The summed E-state index contributed by atoms with van der Waals surface area (Å²) in [6.07, 6.45) is -1.93. The molecule has 0 radical (unpaired) electrons. The van der Waals surface area contributed by atoms with Gasteiger partial charge >= 0.3 is 0 Å². The standard InChI is InChI=1S/C15H11BrClF2N5/c16-10-1-2-11(17)9-7-23(6-5-8(9)10)13-4-3-12-20-21-15(14(18)19)24(12)22-13/h1-4,14H,5-7H2. The van der Waals surface area contributed by atoms with Crippen molar-refractivity contribution >= 4 is 39.0 Å². The fourth-order valence-electron chi connectivity index (χ4n) is 2.89. The van der Waals surface area contributed by atoms with E-state index >= 15 is 0 Å². The number of rotatable bonds is 2. The molecule has 124 valence electrons. The summed E-state index contributed by atoms with van der Waals surface area (Å²) in [6, 6.07) is 7.18. The Hall–Kier alpha value is -1.80. The summed E-state index contributed by atoms with van der Waals surface area (Å²) >= 11 is 9.87. The van der Waals surface area contributed by atoms with E-state index in [9.17, 15) is 8.78 Å². The molecule has 3 aromatic rings. The third-order valence-electron chi connectivity index (χ3n) is 4.09. The number of halogens is 4. The second kappa shape index (κ2) is 5.93. The third kappa shape index (κ3) is 2.53. The van der Waals surface area contributed by atoms with Gasteiger partial charge in [0, 0.05) is 22.6 Å². The van der Waals surface area contributed by atoms with Crippen molar-refractivity contribution in [1.82, 2.24) is 19.8 Å². The van der Waals surface area contributed by atoms with Gasteiger partial charge < -0.3 is 4.90 Å². The molecular weight excluding hydrogens is 404 g/mol. The van der Waals surface area contributed by atoms with Crippen LogP contribution in [0, 0.1) is 0 Å². The van der Waals surface area contributed by atoms with Crippen LogP contribution >= 0.6 is 27.5 Å². The Morgan fingerprint density at radius 2 is 1.96 bits per heavy atom. The highest BCUT2D eigenvalue weighted by Gasteiger charge is 2.23. The first-order valence-corrected chi connectivity index (χ1v) is 8.43. The Morgan fingerprint density at radius 1 is 1.12 bits per heavy atom. The van der Waals surface area contributed by atoms with E-state index in [1.54, 1.807) is 12.1 Å². The van der Waals surface area contributed by atoms with Crippen molar-refractivity contribution in [1.29, 1.82) is 0 Å². The van der Waals surface area contributed by atoms with Crippen molar-refractivity contribution in [2.75, 3.05) is 11.4 Å². The average molecular weight is 415 g/mol. The SMILES string of the molecule is FC(F)c1nnc2ccc(N3CCc4c(Br)ccc(Cl)c4C3)nn12. The normalized spacial score (nSPS) is 14.5. The van der Waals surface area contributed by atoms with Crippen molar-refractivity contribution in [2.45, 2.75) is 19.4 Å². The molecule has 0 aliphatic carbocycles. The minimum atomic E-state index is -2.73. The highest BCUT2D eigenvalue weighted by molar-refractivity contribution is 9.10. The first-order chi connectivity index (χ1) is 11.5. The smallest absolute Gasteiger partial charge is 0.299 e. The van der Waals surface area contributed by atoms with Crippen molar-refractivity contribution in [2.24, 2.45) is 0 Å². The van der Waals surface area contributed by atoms with Crippen LogP contribution in [0.4, 0.5) is 14.6 Å². The average Bonchev–Trinajstić information content (AvgIpc) is 3.01. The summed E-state index contributed by atoms with van der Waals surface area (Å²) in [5.74, 6) is 0.135. The maximum absolute atomic E-state index is 13.0. The first kappa shape index (κ1) is 15.7. The van der Waals surface area contributed by atoms with Crippen molar-refractivity contribution in [3.63, 3.8) is 0 Å². The van der Waals surface area contributed by atoms with Crippen LogP contribution < -0.4 is 4.90 Å². The highest BCUT2D eigenvalue weighted by Crippen LogP contribution is 2.33. The van der Waals surface area contributed by atoms with Gasteiger partial charge in [0.15, 0.2) is 5.65 Å². The number of nitrogens with zero attached hydrogens (tertiary/aromatic N) is 5. The van der Waals surface area contributed by atoms with E-state index in [1.165, 1.54) is 5.56 Å². The lowest BCUT2D eigenvalue weighted by molar-refractivity contribution is 0.137. The first-order valence-electron chi connectivity index (χ1n) is 7.26. The number of hydrogen-bond acceptors (Lipinski definition) is 4. The lowest BCUT2D eigenvalue weighted by Crippen LogP contribution is -2.32. The Balaban J connectivity index is 1.73. The van der Waals surface area contributed by atoms with Crippen LogP contribution in [0.5, 0.6) is 0 Å². The molecule has 9 heteroatoms. The van der Waals surface area contributed by atoms with Gasteiger partial charge in [0.1, 0.15) is 5.82 Å². The molecule has 4 rings (SSSR count). The number of fused-ring (bicyclic) bond motifs is 2. The van der Waals surface area contributed by atoms with E-state index in [1.807, 2.05) is 17.0 Å². The molecular formula is C15H11BrClF2N5. The minimum absolute atomic E-state index is 0.298. The van der Waals surface area contributed by atoms with Gasteiger partial charge in [-0.25, -0.2) is 8.78 Å². The van der Waals surface area contributed by atoms with E-state index in [4.69, 9.17) is 11.6 Å². The van der Waals surface area contributed by atoms with Crippen LogP contribution in [0.25, 0.3) is 5.65 Å². The predicted octanol–water partition coefficient (Wildman–Crippen LogP) is 4.04. The maximum Gasteiger partial charge on any atom is 0.299 e. The van der Waals surface area contributed by atoms with E-state index in [2.05, 4.69) is 31.2 Å². The van der Waals surface area contributed by atoms with Crippen LogP contribution in [0.3, 0.4) is 0 Å². The minimum Gasteiger partial charge on any atom is -0.350 e. The molecule has 1 aliphatic heterocycles. The summed E-state index contributed by atoms with van der Waals surface area (Å²) in [6.45, 7) is 1.29. The molecule has 0 saturated heterocycles. The largest absolute Gasteiger partial charge is 0.350 e. The van der Waals surface area contributed by atoms with Gasteiger partial charge in [0.05, 0.1) is 0 Å². The monoisotopic (exact) mass is 413 g/mol. The van der Waals surface area contributed by atoms with Crippen molar-refractivity contribution in [3.8, 4) is 0 Å². The molecule has 3 heterocycles. The summed E-state index contributed by atoms with van der Waals surface area (Å²) in [7, 11) is 0. The van der Waals surface area contributed by atoms with Gasteiger partial charge in [-0.1, -0.05) is 27.5 Å². The molecule has 2 aromatic heterocycles. The number of anilines is 1. The van der Waals surface area contributed by atoms with Crippen LogP contribution in [0.1, 0.15) is 23.4 Å². The second-order valence-corrected chi connectivity index (χ2v) is 6.74. The fraction of sp³-hybridized carbons (Fsp3) is 0.267. The molecule has 0 bridgehead atoms. The summed E-state index contributed by atoms with van der Waals surface area (Å²) in [4.78, 5) is 2.01. The predicted molar refractivity (Wildman–Crippen MR) is 89.6 cm³/mol. The van der Waals surface area contributed by atoms with Crippen LogP contribution in [0.2, 0.25) is 5.02 Å². The molecule has 0 atom stereocenters. The van der Waals surface area contributed by atoms with Gasteiger partial charge in [0.2, 0.25) is 5.82 Å². The zero-order chi connectivity index (χ0) is 16.8. The molecule has 5 nitrogen and oxygen atoms in total. The molecule has 0 N–H and O–H groups in total. The third-order valence-corrected chi connectivity index (χ3v) is 5.19. The Labute approximate surface area is 149 Å². The Bertz CT molecular complexity index is 930. The van der Waals surface area contributed by atoms with Crippen LogP contribution in [-0.2, 0) is 13.0 Å². The topological polar surface area (TPSA) is 46.3 Å². The van der Waals surface area contributed by atoms with Crippen LogP contribution in [0.15, 0.2) is 28.7 Å². The van der Waals surface area contributed by atoms with Crippen molar-refractivity contribution in [3.05, 3.63) is 50.7 Å². The quantitative estimate of drug-likeness (QED) is 0.635. The lowest BCUT2D eigenvalue weighted by Gasteiger charge is -2.30. The number of hydrogen-bond donors (Lipinski definition) is 0. The molecule has 0 spiro atoms. The van der Waals surface area contributed by atoms with E-state index < -0.39 is 12.2 Å². The molecule has 0 fully saturated rings. The van der Waals surface area contributed by atoms with Gasteiger partial charge in [-0.15, -0.1) is 15.3 Å². The highest BCUT2D eigenvalue weighted by atomic mass is 79.9. The van der Waals surface area contributed by atoms with Crippen LogP contribution in [-0.4, -0.2) is 26.4 Å². The number of alkyl halides is 2. The van der Waals surface area contributed by atoms with Crippen molar-refractivity contribution < 1.29 is 8.78 Å². The Kier molecular flexibility index (Phi) is 3.88. The Morgan fingerprint density at radius 3 is 2.75 bits per heavy atom. The van der Waals surface area contributed by atoms with Gasteiger partial charge in [-0.3, -0.25) is 0 Å². The van der Waals surface area contributed by atoms with Gasteiger partial charge in [-0.2, -0.15) is 4.52 Å². The molecule has 1 aromatic carbocycles. The van der Waals surface area contributed by atoms with Gasteiger partial charge in [-0.05, 0) is 41.8 Å².